The van der Waals surface area contributed by atoms with E-state index >= 15 is 0 Å². The predicted octanol–water partition coefficient (Wildman–Crippen LogP) is 0.0640. The van der Waals surface area contributed by atoms with Crippen LogP contribution in [0.1, 0.15) is 32.1 Å². The highest BCUT2D eigenvalue weighted by Gasteiger charge is 2.27. The Morgan fingerprint density at radius 2 is 2.31 bits per heavy atom. The van der Waals surface area contributed by atoms with E-state index in [1.165, 1.54) is 12.8 Å². The van der Waals surface area contributed by atoms with Crippen molar-refractivity contribution >= 4 is 11.9 Å². The zero-order valence-electron chi connectivity index (χ0n) is 9.78. The molecule has 2 fully saturated rings. The molecule has 1 unspecified atom stereocenters. The van der Waals surface area contributed by atoms with Crippen LogP contribution in [0, 0.1) is 0 Å². The third-order valence-corrected chi connectivity index (χ3v) is 3.25. The maximum Gasteiger partial charge on any atom is 0.220 e. The molecule has 1 aliphatic heterocycles. The summed E-state index contributed by atoms with van der Waals surface area (Å²) in [5.41, 5.74) is 5.87. The van der Waals surface area contributed by atoms with Crippen molar-refractivity contribution in [2.24, 2.45) is 10.7 Å². The highest BCUT2D eigenvalue weighted by molar-refractivity contribution is 5.79. The van der Waals surface area contributed by atoms with Crippen LogP contribution in [0.25, 0.3) is 0 Å². The number of hydrogen-bond acceptors (Lipinski definition) is 2. The zero-order chi connectivity index (χ0) is 11.5. The molecule has 5 heteroatoms. The molecule has 1 saturated carbocycles. The zero-order valence-corrected chi connectivity index (χ0v) is 9.78. The highest BCUT2D eigenvalue weighted by atomic mass is 16.1. The van der Waals surface area contributed by atoms with E-state index in [1.807, 2.05) is 11.9 Å². The predicted molar refractivity (Wildman–Crippen MR) is 63.1 cm³/mol. The van der Waals surface area contributed by atoms with Gasteiger partial charge in [0.1, 0.15) is 0 Å². The van der Waals surface area contributed by atoms with Crippen LogP contribution in [-0.2, 0) is 4.79 Å². The molecule has 1 atom stereocenters. The summed E-state index contributed by atoms with van der Waals surface area (Å²) in [6.07, 6.45) is 5.05. The molecule has 90 valence electrons. The molecule has 0 aromatic carbocycles. The molecule has 0 radical (unpaired) electrons. The fourth-order valence-electron chi connectivity index (χ4n) is 1.98. The second-order valence-corrected chi connectivity index (χ2v) is 4.70. The fourth-order valence-corrected chi connectivity index (χ4v) is 1.98. The van der Waals surface area contributed by atoms with Gasteiger partial charge in [0, 0.05) is 25.6 Å². The molecule has 3 N–H and O–H groups in total. The molecule has 1 amide bonds. The fraction of sp³-hybridized carbons (Fsp3) is 0.818. The Kier molecular flexibility index (Phi) is 3.31. The van der Waals surface area contributed by atoms with Crippen molar-refractivity contribution in [2.45, 2.75) is 44.2 Å². The van der Waals surface area contributed by atoms with E-state index in [-0.39, 0.29) is 11.9 Å². The van der Waals surface area contributed by atoms with Gasteiger partial charge < -0.3 is 16.0 Å². The topological polar surface area (TPSA) is 70.7 Å². The van der Waals surface area contributed by atoms with E-state index in [1.54, 1.807) is 0 Å². The number of aliphatic imine (C=N–C) groups is 1. The van der Waals surface area contributed by atoms with Crippen molar-refractivity contribution < 1.29 is 4.79 Å². The average Bonchev–Trinajstić information content (AvgIpc) is 3.09. The standard InChI is InChI=1S/C11H20N4O/c1-15(9-5-6-9)11(12)13-7-8-3-2-4-10(16)14-8/h8-9H,2-7H2,1H3,(H2,12,13)(H,14,16). The lowest BCUT2D eigenvalue weighted by Crippen LogP contribution is -2.42. The molecule has 2 rings (SSSR count). The van der Waals surface area contributed by atoms with Crippen LogP contribution in [-0.4, -0.2) is 42.4 Å². The summed E-state index contributed by atoms with van der Waals surface area (Å²) in [6, 6.07) is 0.761. The lowest BCUT2D eigenvalue weighted by molar-refractivity contribution is -0.123. The normalized spacial score (nSPS) is 26.4. The average molecular weight is 224 g/mol. The van der Waals surface area contributed by atoms with Gasteiger partial charge in [-0.25, -0.2) is 0 Å². The minimum absolute atomic E-state index is 0.139. The number of piperidine rings is 1. The van der Waals surface area contributed by atoms with E-state index in [9.17, 15) is 4.79 Å². The second-order valence-electron chi connectivity index (χ2n) is 4.70. The first-order valence-corrected chi connectivity index (χ1v) is 5.99. The Bertz CT molecular complexity index is 298. The maximum atomic E-state index is 11.2. The van der Waals surface area contributed by atoms with Gasteiger partial charge >= 0.3 is 0 Å². The molecular weight excluding hydrogens is 204 g/mol. The van der Waals surface area contributed by atoms with Gasteiger partial charge in [-0.3, -0.25) is 9.79 Å². The van der Waals surface area contributed by atoms with Crippen molar-refractivity contribution in [3.05, 3.63) is 0 Å². The van der Waals surface area contributed by atoms with Crippen LogP contribution in [0.4, 0.5) is 0 Å². The molecule has 16 heavy (non-hydrogen) atoms. The summed E-state index contributed by atoms with van der Waals surface area (Å²) in [6.45, 7) is 0.606. The summed E-state index contributed by atoms with van der Waals surface area (Å²) in [5, 5.41) is 2.94. The van der Waals surface area contributed by atoms with Crippen LogP contribution >= 0.6 is 0 Å². The van der Waals surface area contributed by atoms with Crippen LogP contribution in [0.15, 0.2) is 4.99 Å². The van der Waals surface area contributed by atoms with Crippen LogP contribution in [0.5, 0.6) is 0 Å². The van der Waals surface area contributed by atoms with Crippen molar-refractivity contribution in [1.82, 2.24) is 10.2 Å². The molecule has 5 nitrogen and oxygen atoms in total. The number of nitrogens with zero attached hydrogens (tertiary/aromatic N) is 2. The number of guanidine groups is 1. The smallest absolute Gasteiger partial charge is 0.220 e. The SMILES string of the molecule is CN(C(N)=NCC1CCCC(=O)N1)C1CC1. The molecule has 0 aromatic rings. The van der Waals surface area contributed by atoms with E-state index in [4.69, 9.17) is 5.73 Å². The lowest BCUT2D eigenvalue weighted by atomic mass is 10.0. The molecule has 0 spiro atoms. The molecule has 2 aliphatic rings. The number of hydrogen-bond donors (Lipinski definition) is 2. The molecular formula is C11H20N4O. The molecule has 1 aliphatic carbocycles. The molecule has 1 saturated heterocycles. The first kappa shape index (κ1) is 11.2. The number of amides is 1. The van der Waals surface area contributed by atoms with E-state index in [2.05, 4.69) is 10.3 Å². The van der Waals surface area contributed by atoms with Crippen LogP contribution < -0.4 is 11.1 Å². The quantitative estimate of drug-likeness (QED) is 0.526. The summed E-state index contributed by atoms with van der Waals surface area (Å²) in [5.74, 6) is 0.739. The molecule has 0 bridgehead atoms. The van der Waals surface area contributed by atoms with E-state index < -0.39 is 0 Å². The highest BCUT2D eigenvalue weighted by Crippen LogP contribution is 2.24. The maximum absolute atomic E-state index is 11.2. The number of carbonyl (C=O) groups excluding carboxylic acids is 1. The minimum atomic E-state index is 0.139. The summed E-state index contributed by atoms with van der Waals surface area (Å²) in [7, 11) is 1.98. The van der Waals surface area contributed by atoms with Crippen LogP contribution in [0.2, 0.25) is 0 Å². The number of rotatable bonds is 3. The van der Waals surface area contributed by atoms with Crippen molar-refractivity contribution in [3.63, 3.8) is 0 Å². The van der Waals surface area contributed by atoms with Gasteiger partial charge in [0.25, 0.3) is 0 Å². The third kappa shape index (κ3) is 2.87. The third-order valence-electron chi connectivity index (χ3n) is 3.25. The largest absolute Gasteiger partial charge is 0.370 e. The Labute approximate surface area is 96.1 Å². The lowest BCUT2D eigenvalue weighted by Gasteiger charge is -2.23. The number of carbonyl (C=O) groups is 1. The Morgan fingerprint density at radius 1 is 1.56 bits per heavy atom. The first-order valence-electron chi connectivity index (χ1n) is 5.99. The number of nitrogens with two attached hydrogens (primary N) is 1. The minimum Gasteiger partial charge on any atom is -0.370 e. The monoisotopic (exact) mass is 224 g/mol. The summed E-state index contributed by atoms with van der Waals surface area (Å²) < 4.78 is 0. The van der Waals surface area contributed by atoms with Gasteiger partial charge in [0.2, 0.25) is 5.91 Å². The van der Waals surface area contributed by atoms with Gasteiger partial charge in [-0.05, 0) is 25.7 Å². The van der Waals surface area contributed by atoms with Gasteiger partial charge in [0.05, 0.1) is 6.54 Å². The van der Waals surface area contributed by atoms with Crippen molar-refractivity contribution in [1.29, 1.82) is 0 Å². The van der Waals surface area contributed by atoms with Gasteiger partial charge in [-0.15, -0.1) is 0 Å². The van der Waals surface area contributed by atoms with E-state index in [0.29, 0.717) is 25.0 Å². The van der Waals surface area contributed by atoms with E-state index in [0.717, 1.165) is 12.8 Å². The molecule has 1 heterocycles. The van der Waals surface area contributed by atoms with Gasteiger partial charge in [0.15, 0.2) is 5.96 Å². The number of nitrogens with one attached hydrogen (secondary N) is 1. The van der Waals surface area contributed by atoms with Gasteiger partial charge in [-0.2, -0.15) is 0 Å². The Morgan fingerprint density at radius 3 is 2.94 bits per heavy atom. The Hall–Kier alpha value is -1.26. The summed E-state index contributed by atoms with van der Waals surface area (Å²) in [4.78, 5) is 17.6. The van der Waals surface area contributed by atoms with Crippen molar-refractivity contribution in [3.8, 4) is 0 Å². The Balaban J connectivity index is 1.79. The second kappa shape index (κ2) is 4.72. The molecule has 0 aromatic heterocycles. The summed E-state index contributed by atoms with van der Waals surface area (Å²) >= 11 is 0. The first-order chi connectivity index (χ1) is 7.66. The van der Waals surface area contributed by atoms with Gasteiger partial charge in [-0.1, -0.05) is 0 Å². The van der Waals surface area contributed by atoms with Crippen molar-refractivity contribution in [2.75, 3.05) is 13.6 Å². The van der Waals surface area contributed by atoms with Crippen LogP contribution in [0.3, 0.4) is 0 Å².